The monoisotopic (exact) mass is 408 g/mol. The second-order valence-corrected chi connectivity index (χ2v) is 10.5. The maximum Gasteiger partial charge on any atom is -0.00332 e. The first-order chi connectivity index (χ1) is 15.2. The lowest BCUT2D eigenvalue weighted by Crippen LogP contribution is -2.53. The van der Waals surface area contributed by atoms with Crippen molar-refractivity contribution in [3.63, 3.8) is 0 Å². The third-order valence-electron chi connectivity index (χ3n) is 8.72. The summed E-state index contributed by atoms with van der Waals surface area (Å²) in [5.74, 6) is 0. The minimum absolute atomic E-state index is 0.320. The Bertz CT molecular complexity index is 919. The van der Waals surface area contributed by atoms with Crippen molar-refractivity contribution in [2.75, 3.05) is 0 Å². The third kappa shape index (κ3) is 3.86. The van der Waals surface area contributed by atoms with Crippen LogP contribution in [0, 0.1) is 5.41 Å². The highest BCUT2D eigenvalue weighted by molar-refractivity contribution is 5.36. The number of fused-ring (bicyclic) bond motifs is 2. The summed E-state index contributed by atoms with van der Waals surface area (Å²) in [4.78, 5) is 0. The van der Waals surface area contributed by atoms with E-state index in [4.69, 9.17) is 0 Å². The van der Waals surface area contributed by atoms with Crippen molar-refractivity contribution in [2.45, 2.75) is 75.5 Å². The van der Waals surface area contributed by atoms with Gasteiger partial charge in [-0.2, -0.15) is 0 Å². The number of rotatable bonds is 6. The fourth-order valence-electron chi connectivity index (χ4n) is 7.33. The van der Waals surface area contributed by atoms with Gasteiger partial charge in [0.2, 0.25) is 0 Å². The molecule has 0 saturated heterocycles. The van der Waals surface area contributed by atoms with E-state index in [1.165, 1.54) is 63.4 Å². The van der Waals surface area contributed by atoms with Crippen molar-refractivity contribution >= 4 is 0 Å². The molecule has 3 aromatic rings. The first kappa shape index (κ1) is 20.6. The van der Waals surface area contributed by atoms with E-state index < -0.39 is 0 Å². The third-order valence-corrected chi connectivity index (χ3v) is 8.72. The molecule has 2 unspecified atom stereocenters. The largest absolute Gasteiger partial charge is 0.0649 e. The Labute approximate surface area is 188 Å². The van der Waals surface area contributed by atoms with E-state index in [1.807, 2.05) is 0 Å². The van der Waals surface area contributed by atoms with Gasteiger partial charge in [0.15, 0.2) is 0 Å². The summed E-state index contributed by atoms with van der Waals surface area (Å²) in [6.07, 6.45) is 11.8. The van der Waals surface area contributed by atoms with Gasteiger partial charge in [-0.25, -0.2) is 0 Å². The normalized spacial score (nSPS) is 30.1. The topological polar surface area (TPSA) is 0 Å². The standard InChI is InChI=1S/C31H36/c1-2-29(22-19-26-13-6-3-7-14-26)23-30(27-15-8-4-9-16-27)20-12-21-31(24-29,25-30)28-17-10-5-11-18-28/h3-11,13-18H,2,12,19-25H2,1H3. The first-order valence-electron chi connectivity index (χ1n) is 12.3. The molecule has 0 heteroatoms. The van der Waals surface area contributed by atoms with E-state index in [1.54, 1.807) is 11.1 Å². The lowest BCUT2D eigenvalue weighted by atomic mass is 9.44. The SMILES string of the molecule is CCC1(CCc2ccccc2)CC2(c3ccccc3)CCCC(c3ccccc3)(C1)C2. The fourth-order valence-corrected chi connectivity index (χ4v) is 7.33. The highest BCUT2D eigenvalue weighted by atomic mass is 14.6. The van der Waals surface area contributed by atoms with E-state index >= 15 is 0 Å². The summed E-state index contributed by atoms with van der Waals surface area (Å²) >= 11 is 0. The number of hydrogen-bond acceptors (Lipinski definition) is 0. The predicted octanol–water partition coefficient (Wildman–Crippen LogP) is 8.26. The molecule has 0 N–H and O–H groups in total. The van der Waals surface area contributed by atoms with Crippen LogP contribution in [0.4, 0.5) is 0 Å². The predicted molar refractivity (Wildman–Crippen MR) is 131 cm³/mol. The first-order valence-corrected chi connectivity index (χ1v) is 12.3. The molecule has 0 aliphatic heterocycles. The minimum atomic E-state index is 0.320. The van der Waals surface area contributed by atoms with Gasteiger partial charge in [0, 0.05) is 0 Å². The van der Waals surface area contributed by atoms with Crippen molar-refractivity contribution in [3.8, 4) is 0 Å². The Morgan fingerprint density at radius 1 is 0.613 bits per heavy atom. The number of aryl methyl sites for hydroxylation is 1. The summed E-state index contributed by atoms with van der Waals surface area (Å²) < 4.78 is 0. The van der Waals surface area contributed by atoms with Crippen molar-refractivity contribution in [3.05, 3.63) is 108 Å². The molecular formula is C31H36. The maximum absolute atomic E-state index is 2.46. The van der Waals surface area contributed by atoms with Crippen LogP contribution in [0.25, 0.3) is 0 Å². The van der Waals surface area contributed by atoms with Crippen molar-refractivity contribution in [2.24, 2.45) is 5.41 Å². The molecule has 2 aliphatic carbocycles. The summed E-state index contributed by atoms with van der Waals surface area (Å²) in [6, 6.07) is 34.2. The van der Waals surface area contributed by atoms with Crippen molar-refractivity contribution in [1.82, 2.24) is 0 Å². The van der Waals surface area contributed by atoms with E-state index in [9.17, 15) is 0 Å². The molecular weight excluding hydrogens is 372 g/mol. The van der Waals surface area contributed by atoms with Crippen LogP contribution in [0.2, 0.25) is 0 Å². The van der Waals surface area contributed by atoms with Crippen molar-refractivity contribution in [1.29, 1.82) is 0 Å². The molecule has 3 aromatic carbocycles. The van der Waals surface area contributed by atoms with Crippen LogP contribution in [-0.2, 0) is 17.3 Å². The Kier molecular flexibility index (Phi) is 5.51. The number of benzene rings is 3. The summed E-state index contributed by atoms with van der Waals surface area (Å²) in [5.41, 5.74) is 5.72. The average Bonchev–Trinajstić information content (AvgIpc) is 2.84. The summed E-state index contributed by atoms with van der Waals surface area (Å²) in [5, 5.41) is 0. The Balaban J connectivity index is 1.57. The van der Waals surface area contributed by atoms with Gasteiger partial charge >= 0.3 is 0 Å². The molecule has 2 atom stereocenters. The molecule has 2 aliphatic rings. The molecule has 0 radical (unpaired) electrons. The molecule has 0 nitrogen and oxygen atoms in total. The molecule has 31 heavy (non-hydrogen) atoms. The second kappa shape index (κ2) is 8.30. The van der Waals surface area contributed by atoms with Gasteiger partial charge in [-0.3, -0.25) is 0 Å². The second-order valence-electron chi connectivity index (χ2n) is 10.5. The molecule has 0 aromatic heterocycles. The van der Waals surface area contributed by atoms with E-state index in [0.717, 1.165) is 0 Å². The van der Waals surface area contributed by atoms with Crippen LogP contribution in [0.1, 0.15) is 75.0 Å². The quantitative estimate of drug-likeness (QED) is 0.385. The molecule has 5 rings (SSSR count). The van der Waals surface area contributed by atoms with E-state index in [0.29, 0.717) is 16.2 Å². The lowest BCUT2D eigenvalue weighted by Gasteiger charge is -2.60. The van der Waals surface area contributed by atoms with Gasteiger partial charge < -0.3 is 0 Å². The zero-order chi connectivity index (χ0) is 21.2. The van der Waals surface area contributed by atoms with Crippen LogP contribution >= 0.6 is 0 Å². The molecule has 2 bridgehead atoms. The Hall–Kier alpha value is -2.34. The molecule has 0 spiro atoms. The molecule has 0 amide bonds. The maximum atomic E-state index is 2.46. The van der Waals surface area contributed by atoms with Gasteiger partial charge in [0.05, 0.1) is 0 Å². The van der Waals surface area contributed by atoms with Gasteiger partial charge in [-0.15, -0.1) is 0 Å². The summed E-state index contributed by atoms with van der Waals surface area (Å²) in [7, 11) is 0. The average molecular weight is 409 g/mol. The zero-order valence-corrected chi connectivity index (χ0v) is 19.0. The van der Waals surface area contributed by atoms with Crippen LogP contribution in [0.3, 0.4) is 0 Å². The highest BCUT2D eigenvalue weighted by Gasteiger charge is 2.56. The molecule has 2 fully saturated rings. The fraction of sp³-hybridized carbons (Fsp3) is 0.419. The lowest BCUT2D eigenvalue weighted by molar-refractivity contribution is -0.00130. The van der Waals surface area contributed by atoms with Crippen LogP contribution in [0.15, 0.2) is 91.0 Å². The van der Waals surface area contributed by atoms with Gasteiger partial charge in [0.25, 0.3) is 0 Å². The van der Waals surface area contributed by atoms with Gasteiger partial charge in [0.1, 0.15) is 0 Å². The van der Waals surface area contributed by atoms with Crippen molar-refractivity contribution < 1.29 is 0 Å². The Morgan fingerprint density at radius 3 is 1.58 bits per heavy atom. The minimum Gasteiger partial charge on any atom is -0.0649 e. The number of hydrogen-bond donors (Lipinski definition) is 0. The van der Waals surface area contributed by atoms with Crippen LogP contribution < -0.4 is 0 Å². The van der Waals surface area contributed by atoms with Crippen LogP contribution in [0.5, 0.6) is 0 Å². The molecule has 0 heterocycles. The van der Waals surface area contributed by atoms with Gasteiger partial charge in [-0.05, 0) is 77.9 Å². The zero-order valence-electron chi connectivity index (χ0n) is 19.0. The molecule has 2 saturated carbocycles. The Morgan fingerprint density at radius 2 is 1.10 bits per heavy atom. The van der Waals surface area contributed by atoms with Gasteiger partial charge in [-0.1, -0.05) is 111 Å². The summed E-state index contributed by atoms with van der Waals surface area (Å²) in [6.45, 7) is 2.46. The smallest absolute Gasteiger partial charge is 0.00332 e. The van der Waals surface area contributed by atoms with Crippen LogP contribution in [-0.4, -0.2) is 0 Å². The van der Waals surface area contributed by atoms with E-state index in [-0.39, 0.29) is 0 Å². The molecule has 160 valence electrons. The van der Waals surface area contributed by atoms with E-state index in [2.05, 4.69) is 97.9 Å². The highest BCUT2D eigenvalue weighted by Crippen LogP contribution is 2.64.